The number of fused-ring (bicyclic) bond motifs is 1. The minimum atomic E-state index is -0.0683. The lowest BCUT2D eigenvalue weighted by Gasteiger charge is -2.28. The summed E-state index contributed by atoms with van der Waals surface area (Å²) in [4.78, 5) is 0. The van der Waals surface area contributed by atoms with Gasteiger partial charge in [-0.15, -0.1) is 0 Å². The molecule has 2 heteroatoms. The molecule has 2 aliphatic rings. The molecule has 1 heterocycles. The SMILES string of the molecule is OC1CCC[C@@H]2OCCC12. The highest BCUT2D eigenvalue weighted by atomic mass is 16.5. The quantitative estimate of drug-likeness (QED) is 0.545. The molecule has 2 fully saturated rings. The van der Waals surface area contributed by atoms with Crippen molar-refractivity contribution in [1.82, 2.24) is 0 Å². The Hall–Kier alpha value is -0.0800. The fraction of sp³-hybridized carbons (Fsp3) is 1.00. The third kappa shape index (κ3) is 0.956. The van der Waals surface area contributed by atoms with Crippen molar-refractivity contribution in [3.05, 3.63) is 0 Å². The summed E-state index contributed by atoms with van der Waals surface area (Å²) in [6.07, 6.45) is 4.70. The molecular formula is C8H14O2. The molecule has 10 heavy (non-hydrogen) atoms. The Balaban J connectivity index is 2.03. The van der Waals surface area contributed by atoms with Crippen LogP contribution in [0.2, 0.25) is 0 Å². The first kappa shape index (κ1) is 6.62. The maximum Gasteiger partial charge on any atom is 0.0628 e. The molecule has 1 N–H and O–H groups in total. The highest BCUT2D eigenvalue weighted by molar-refractivity contribution is 4.86. The van der Waals surface area contributed by atoms with Crippen molar-refractivity contribution in [2.45, 2.75) is 37.9 Å². The van der Waals surface area contributed by atoms with Crippen molar-refractivity contribution in [1.29, 1.82) is 0 Å². The molecule has 0 spiro atoms. The molecule has 2 unspecified atom stereocenters. The highest BCUT2D eigenvalue weighted by Crippen LogP contribution is 2.33. The summed E-state index contributed by atoms with van der Waals surface area (Å²) < 4.78 is 5.47. The van der Waals surface area contributed by atoms with Crippen LogP contribution in [0.4, 0.5) is 0 Å². The van der Waals surface area contributed by atoms with Crippen LogP contribution in [0.15, 0.2) is 0 Å². The van der Waals surface area contributed by atoms with Gasteiger partial charge in [0.2, 0.25) is 0 Å². The second-order valence-electron chi connectivity index (χ2n) is 3.36. The van der Waals surface area contributed by atoms with Gasteiger partial charge in [-0.1, -0.05) is 0 Å². The van der Waals surface area contributed by atoms with Crippen molar-refractivity contribution in [3.8, 4) is 0 Å². The first-order chi connectivity index (χ1) is 4.88. The Labute approximate surface area is 61.2 Å². The second-order valence-corrected chi connectivity index (χ2v) is 3.36. The summed E-state index contributed by atoms with van der Waals surface area (Å²) in [5.41, 5.74) is 0. The monoisotopic (exact) mass is 142 g/mol. The summed E-state index contributed by atoms with van der Waals surface area (Å²) in [7, 11) is 0. The van der Waals surface area contributed by atoms with Gasteiger partial charge in [0.15, 0.2) is 0 Å². The van der Waals surface area contributed by atoms with Crippen LogP contribution in [0, 0.1) is 5.92 Å². The Kier molecular flexibility index (Phi) is 1.66. The average molecular weight is 142 g/mol. The summed E-state index contributed by atoms with van der Waals surface area (Å²) >= 11 is 0. The number of ether oxygens (including phenoxy) is 1. The molecule has 1 saturated heterocycles. The molecule has 0 aromatic carbocycles. The van der Waals surface area contributed by atoms with Gasteiger partial charge in [0.25, 0.3) is 0 Å². The standard InChI is InChI=1S/C8H14O2/c9-7-2-1-3-8-6(7)4-5-10-8/h6-9H,1-5H2/t6?,7?,8-/m0/s1. The van der Waals surface area contributed by atoms with Crippen molar-refractivity contribution >= 4 is 0 Å². The van der Waals surface area contributed by atoms with Gasteiger partial charge < -0.3 is 9.84 Å². The van der Waals surface area contributed by atoms with Gasteiger partial charge in [-0.3, -0.25) is 0 Å². The third-order valence-corrected chi connectivity index (χ3v) is 2.74. The minimum absolute atomic E-state index is 0.0683. The molecule has 1 saturated carbocycles. The molecule has 1 aliphatic heterocycles. The molecule has 2 rings (SSSR count). The van der Waals surface area contributed by atoms with Gasteiger partial charge in [0.1, 0.15) is 0 Å². The zero-order chi connectivity index (χ0) is 6.97. The largest absolute Gasteiger partial charge is 0.393 e. The van der Waals surface area contributed by atoms with Crippen molar-refractivity contribution < 1.29 is 9.84 Å². The fourth-order valence-corrected chi connectivity index (χ4v) is 2.14. The second kappa shape index (κ2) is 2.51. The van der Waals surface area contributed by atoms with Gasteiger partial charge in [-0.2, -0.15) is 0 Å². The zero-order valence-electron chi connectivity index (χ0n) is 6.12. The van der Waals surface area contributed by atoms with E-state index < -0.39 is 0 Å². The van der Waals surface area contributed by atoms with Gasteiger partial charge in [0, 0.05) is 12.5 Å². The first-order valence-electron chi connectivity index (χ1n) is 4.17. The van der Waals surface area contributed by atoms with E-state index in [1.54, 1.807) is 0 Å². The van der Waals surface area contributed by atoms with Crippen LogP contribution >= 0.6 is 0 Å². The van der Waals surface area contributed by atoms with E-state index in [9.17, 15) is 5.11 Å². The fourth-order valence-electron chi connectivity index (χ4n) is 2.14. The van der Waals surface area contributed by atoms with Gasteiger partial charge >= 0.3 is 0 Å². The van der Waals surface area contributed by atoms with E-state index in [-0.39, 0.29) is 6.10 Å². The van der Waals surface area contributed by atoms with Gasteiger partial charge in [-0.25, -0.2) is 0 Å². The predicted octanol–water partition coefficient (Wildman–Crippen LogP) is 0.936. The summed E-state index contributed by atoms with van der Waals surface area (Å²) in [6.45, 7) is 0.867. The Morgan fingerprint density at radius 1 is 1.20 bits per heavy atom. The van der Waals surface area contributed by atoms with Crippen LogP contribution in [0.1, 0.15) is 25.7 Å². The van der Waals surface area contributed by atoms with E-state index in [0.717, 1.165) is 25.9 Å². The predicted molar refractivity (Wildman–Crippen MR) is 37.7 cm³/mol. The highest BCUT2D eigenvalue weighted by Gasteiger charge is 2.36. The lowest BCUT2D eigenvalue weighted by Crippen LogP contribution is -2.32. The molecule has 0 radical (unpaired) electrons. The molecule has 0 amide bonds. The number of rotatable bonds is 0. The molecule has 0 bridgehead atoms. The Morgan fingerprint density at radius 3 is 2.90 bits per heavy atom. The van der Waals surface area contributed by atoms with E-state index >= 15 is 0 Å². The van der Waals surface area contributed by atoms with Gasteiger partial charge in [-0.05, 0) is 25.7 Å². The normalized spacial score (nSPS) is 47.1. The maximum atomic E-state index is 9.50. The topological polar surface area (TPSA) is 29.5 Å². The van der Waals surface area contributed by atoms with E-state index in [1.165, 1.54) is 6.42 Å². The lowest BCUT2D eigenvalue weighted by atomic mass is 9.84. The average Bonchev–Trinajstić information content (AvgIpc) is 2.36. The summed E-state index contributed by atoms with van der Waals surface area (Å²) in [6, 6.07) is 0. The van der Waals surface area contributed by atoms with Crippen LogP contribution in [0.3, 0.4) is 0 Å². The first-order valence-corrected chi connectivity index (χ1v) is 4.17. The number of hydrogen-bond acceptors (Lipinski definition) is 2. The summed E-state index contributed by atoms with van der Waals surface area (Å²) in [5.74, 6) is 0.466. The molecule has 2 nitrogen and oxygen atoms in total. The Morgan fingerprint density at radius 2 is 2.10 bits per heavy atom. The van der Waals surface area contributed by atoms with E-state index in [0.29, 0.717) is 12.0 Å². The van der Waals surface area contributed by atoms with Crippen LogP contribution < -0.4 is 0 Å². The molecule has 1 aliphatic carbocycles. The number of aliphatic hydroxyl groups excluding tert-OH is 1. The third-order valence-electron chi connectivity index (χ3n) is 2.74. The zero-order valence-corrected chi connectivity index (χ0v) is 6.12. The Bertz CT molecular complexity index is 124. The summed E-state index contributed by atoms with van der Waals surface area (Å²) in [5, 5.41) is 9.50. The van der Waals surface area contributed by atoms with Crippen molar-refractivity contribution in [2.75, 3.05) is 6.61 Å². The van der Waals surface area contributed by atoms with Crippen molar-refractivity contribution in [3.63, 3.8) is 0 Å². The van der Waals surface area contributed by atoms with Crippen molar-refractivity contribution in [2.24, 2.45) is 5.92 Å². The molecule has 58 valence electrons. The molecule has 3 atom stereocenters. The van der Waals surface area contributed by atoms with E-state index in [2.05, 4.69) is 0 Å². The molecule has 0 aromatic rings. The van der Waals surface area contributed by atoms with Crippen LogP contribution in [-0.4, -0.2) is 23.9 Å². The minimum Gasteiger partial charge on any atom is -0.393 e. The van der Waals surface area contributed by atoms with Crippen LogP contribution in [0.25, 0.3) is 0 Å². The lowest BCUT2D eigenvalue weighted by molar-refractivity contribution is -0.00209. The molecule has 0 aromatic heterocycles. The maximum absolute atomic E-state index is 9.50. The van der Waals surface area contributed by atoms with E-state index in [4.69, 9.17) is 4.74 Å². The van der Waals surface area contributed by atoms with Crippen LogP contribution in [-0.2, 0) is 4.74 Å². The number of aliphatic hydroxyl groups is 1. The van der Waals surface area contributed by atoms with Gasteiger partial charge in [0.05, 0.1) is 12.2 Å². The smallest absolute Gasteiger partial charge is 0.0628 e. The van der Waals surface area contributed by atoms with Crippen LogP contribution in [0.5, 0.6) is 0 Å². The van der Waals surface area contributed by atoms with E-state index in [1.807, 2.05) is 0 Å². The molecular weight excluding hydrogens is 128 g/mol. The number of hydrogen-bond donors (Lipinski definition) is 1.